The van der Waals surface area contributed by atoms with Crippen molar-refractivity contribution in [1.29, 1.82) is 0 Å². The summed E-state index contributed by atoms with van der Waals surface area (Å²) in [5, 5.41) is 0. The van der Waals surface area contributed by atoms with Gasteiger partial charge in [0.1, 0.15) is 0 Å². The maximum atomic E-state index is 3.74. The Balaban J connectivity index is 3.50. The lowest BCUT2D eigenvalue weighted by Gasteiger charge is -2.01. The minimum atomic E-state index is 1.47. The van der Waals surface area contributed by atoms with Crippen LogP contribution in [-0.4, -0.2) is 18.3 Å². The third kappa shape index (κ3) is 3.15. The number of nitrogens with zero attached hydrogens (tertiary/aromatic N) is 2. The smallest absolute Gasteiger partial charge is 0.0941 e. The van der Waals surface area contributed by atoms with Crippen molar-refractivity contribution >= 4 is 6.34 Å². The molecule has 44 valence electrons. The van der Waals surface area contributed by atoms with Crippen molar-refractivity contribution in [3.05, 3.63) is 25.6 Å². The summed E-state index contributed by atoms with van der Waals surface area (Å²) in [6.45, 7) is 6.92. The molecule has 0 N–H and O–H groups in total. The lowest BCUT2D eigenvalue weighted by Crippen LogP contribution is -2.04. The summed E-state index contributed by atoms with van der Waals surface area (Å²) >= 11 is 0. The average molecular weight is 110 g/mol. The van der Waals surface area contributed by atoms with Crippen LogP contribution < -0.4 is 0 Å². The molecular formula is C6H10N2. The molecule has 0 aliphatic heterocycles. The van der Waals surface area contributed by atoms with E-state index in [1.807, 2.05) is 7.05 Å². The summed E-state index contributed by atoms with van der Waals surface area (Å²) in [6, 6.07) is 0. The minimum Gasteiger partial charge on any atom is -0.343 e. The summed E-state index contributed by atoms with van der Waals surface area (Å²) < 4.78 is 0. The first-order chi connectivity index (χ1) is 3.81. The topological polar surface area (TPSA) is 15.6 Å². The first kappa shape index (κ1) is 6.95. The second kappa shape index (κ2) is 4.12. The van der Waals surface area contributed by atoms with Crippen molar-refractivity contribution in [3.8, 4) is 0 Å². The van der Waals surface area contributed by atoms with Crippen LogP contribution in [-0.2, 0) is 0 Å². The van der Waals surface area contributed by atoms with Crippen LogP contribution in [0.25, 0.3) is 0 Å². The molecule has 8 heavy (non-hydrogen) atoms. The summed E-state index contributed by atoms with van der Waals surface area (Å²) in [7, 11) is 1.85. The Kier molecular flexibility index (Phi) is 3.58. The number of hydrogen-bond donors (Lipinski definition) is 0. The number of hydrogen-bond acceptors (Lipinski definition) is 1. The quantitative estimate of drug-likeness (QED) is 0.394. The van der Waals surface area contributed by atoms with E-state index in [0.717, 1.165) is 0 Å². The zero-order valence-electron chi connectivity index (χ0n) is 5.04. The predicted octanol–water partition coefficient (Wildman–Crippen LogP) is 1.23. The third-order valence-corrected chi connectivity index (χ3v) is 0.642. The summed E-state index contributed by atoms with van der Waals surface area (Å²) in [5.41, 5.74) is 0. The van der Waals surface area contributed by atoms with E-state index in [0.29, 0.717) is 0 Å². The Morgan fingerprint density at radius 1 is 1.50 bits per heavy atom. The Morgan fingerprint density at radius 2 is 2.12 bits per heavy atom. The largest absolute Gasteiger partial charge is 0.343 e. The Bertz CT molecular complexity index is 105. The van der Waals surface area contributed by atoms with E-state index >= 15 is 0 Å². The van der Waals surface area contributed by atoms with Gasteiger partial charge in [0.05, 0.1) is 6.34 Å². The summed E-state index contributed by atoms with van der Waals surface area (Å²) in [5.74, 6) is 0. The molecule has 0 amide bonds. The molecule has 0 saturated heterocycles. The van der Waals surface area contributed by atoms with Gasteiger partial charge in [-0.05, 0) is 6.20 Å². The highest BCUT2D eigenvalue weighted by Gasteiger charge is 1.73. The molecule has 0 bridgehead atoms. The standard InChI is InChI=1S/C6H10N2/c1-4-7-6-8(3)5-2/h4-6H,1-2H2,3H3/b7-6-. The van der Waals surface area contributed by atoms with Gasteiger partial charge in [-0.25, -0.2) is 4.99 Å². The molecule has 0 heterocycles. The van der Waals surface area contributed by atoms with E-state index in [9.17, 15) is 0 Å². The maximum absolute atomic E-state index is 3.74. The van der Waals surface area contributed by atoms with Gasteiger partial charge < -0.3 is 4.90 Å². The van der Waals surface area contributed by atoms with E-state index in [1.165, 1.54) is 6.20 Å². The van der Waals surface area contributed by atoms with Gasteiger partial charge in [-0.15, -0.1) is 0 Å². The van der Waals surface area contributed by atoms with Crippen molar-refractivity contribution in [2.45, 2.75) is 0 Å². The fourth-order valence-electron chi connectivity index (χ4n) is 0.199. The van der Waals surface area contributed by atoms with Crippen LogP contribution in [0.1, 0.15) is 0 Å². The fraction of sp³-hybridized carbons (Fsp3) is 0.167. The van der Waals surface area contributed by atoms with Crippen LogP contribution in [0.4, 0.5) is 0 Å². The molecule has 2 heteroatoms. The van der Waals surface area contributed by atoms with Crippen LogP contribution in [0.15, 0.2) is 30.6 Å². The van der Waals surface area contributed by atoms with Gasteiger partial charge in [0.15, 0.2) is 0 Å². The Hall–Kier alpha value is -1.05. The van der Waals surface area contributed by atoms with Gasteiger partial charge in [-0.3, -0.25) is 0 Å². The minimum absolute atomic E-state index is 1.47. The molecule has 0 fully saturated rings. The van der Waals surface area contributed by atoms with Gasteiger partial charge in [-0.1, -0.05) is 13.2 Å². The van der Waals surface area contributed by atoms with Gasteiger partial charge in [0, 0.05) is 13.2 Å². The molecule has 2 nitrogen and oxygen atoms in total. The zero-order chi connectivity index (χ0) is 6.41. The van der Waals surface area contributed by atoms with Crippen molar-refractivity contribution < 1.29 is 0 Å². The molecule has 0 aromatic rings. The van der Waals surface area contributed by atoms with Crippen LogP contribution in [0.5, 0.6) is 0 Å². The van der Waals surface area contributed by atoms with Crippen molar-refractivity contribution in [1.82, 2.24) is 4.90 Å². The second-order valence-corrected chi connectivity index (χ2v) is 1.30. The molecule has 0 rings (SSSR count). The van der Waals surface area contributed by atoms with E-state index in [4.69, 9.17) is 0 Å². The summed E-state index contributed by atoms with van der Waals surface area (Å²) in [4.78, 5) is 5.47. The molecule has 0 spiro atoms. The molecule has 0 saturated carbocycles. The predicted molar refractivity (Wildman–Crippen MR) is 36.6 cm³/mol. The van der Waals surface area contributed by atoms with E-state index in [2.05, 4.69) is 18.2 Å². The molecular weight excluding hydrogens is 100 g/mol. The SMILES string of the molecule is C=C/N=C\N(C)C=C. The molecule has 0 atom stereocenters. The zero-order valence-corrected chi connectivity index (χ0v) is 5.04. The molecule has 0 aromatic heterocycles. The van der Waals surface area contributed by atoms with Crippen molar-refractivity contribution in [3.63, 3.8) is 0 Å². The molecule has 0 aliphatic carbocycles. The Labute approximate surface area is 49.8 Å². The van der Waals surface area contributed by atoms with Gasteiger partial charge in [-0.2, -0.15) is 0 Å². The maximum Gasteiger partial charge on any atom is 0.0941 e. The molecule has 0 unspecified atom stereocenters. The van der Waals surface area contributed by atoms with E-state index in [1.54, 1.807) is 17.4 Å². The van der Waals surface area contributed by atoms with Gasteiger partial charge >= 0.3 is 0 Å². The van der Waals surface area contributed by atoms with Crippen LogP contribution in [0.2, 0.25) is 0 Å². The second-order valence-electron chi connectivity index (χ2n) is 1.30. The van der Waals surface area contributed by atoms with Gasteiger partial charge in [0.2, 0.25) is 0 Å². The first-order valence-corrected chi connectivity index (χ1v) is 2.30. The Morgan fingerprint density at radius 3 is 2.50 bits per heavy atom. The highest BCUT2D eigenvalue weighted by atomic mass is 15.1. The highest BCUT2D eigenvalue weighted by molar-refractivity contribution is 5.56. The lowest BCUT2D eigenvalue weighted by atomic mass is 10.8. The van der Waals surface area contributed by atoms with E-state index < -0.39 is 0 Å². The summed E-state index contributed by atoms with van der Waals surface area (Å²) in [6.07, 6.45) is 4.76. The monoisotopic (exact) mass is 110 g/mol. The lowest BCUT2D eigenvalue weighted by molar-refractivity contribution is 0.713. The van der Waals surface area contributed by atoms with Gasteiger partial charge in [0.25, 0.3) is 0 Å². The molecule has 0 aliphatic rings. The van der Waals surface area contributed by atoms with E-state index in [-0.39, 0.29) is 0 Å². The number of rotatable bonds is 3. The first-order valence-electron chi connectivity index (χ1n) is 2.30. The average Bonchev–Trinajstić information content (AvgIpc) is 1.83. The third-order valence-electron chi connectivity index (χ3n) is 0.642. The number of aliphatic imine (C=N–C) groups is 1. The highest BCUT2D eigenvalue weighted by Crippen LogP contribution is 1.74. The fourth-order valence-corrected chi connectivity index (χ4v) is 0.199. The van der Waals surface area contributed by atoms with Crippen molar-refractivity contribution in [2.24, 2.45) is 4.99 Å². The normalized spacial score (nSPS) is 9.12. The molecule has 0 aromatic carbocycles. The van der Waals surface area contributed by atoms with Crippen LogP contribution in [0, 0.1) is 0 Å². The van der Waals surface area contributed by atoms with Crippen molar-refractivity contribution in [2.75, 3.05) is 7.05 Å². The van der Waals surface area contributed by atoms with Crippen LogP contribution >= 0.6 is 0 Å². The van der Waals surface area contributed by atoms with Crippen LogP contribution in [0.3, 0.4) is 0 Å². The molecule has 0 radical (unpaired) electrons.